The van der Waals surface area contributed by atoms with E-state index in [4.69, 9.17) is 17.0 Å². The minimum atomic E-state index is -0.460. The molecule has 0 aromatic heterocycles. The van der Waals surface area contributed by atoms with Gasteiger partial charge in [0.05, 0.1) is 17.7 Å². The van der Waals surface area contributed by atoms with Gasteiger partial charge in [0.25, 0.3) is 5.69 Å². The molecule has 8 heteroatoms. The fraction of sp³-hybridized carbons (Fsp3) is 0.0714. The normalized spacial score (nSPS) is 9.68. The van der Waals surface area contributed by atoms with Crippen molar-refractivity contribution < 1.29 is 9.66 Å². The van der Waals surface area contributed by atoms with Gasteiger partial charge in [0, 0.05) is 23.9 Å². The van der Waals surface area contributed by atoms with Gasteiger partial charge in [-0.25, -0.2) is 0 Å². The number of nitrogens with one attached hydrogen (secondary N) is 3. The number of nitro groups is 1. The molecule has 0 saturated carbocycles. The molecule has 0 radical (unpaired) electrons. The Kier molecular flexibility index (Phi) is 5.10. The van der Waals surface area contributed by atoms with E-state index in [1.807, 2.05) is 18.2 Å². The highest BCUT2D eigenvalue weighted by molar-refractivity contribution is 7.80. The second kappa shape index (κ2) is 7.23. The number of benzene rings is 2. The molecule has 0 amide bonds. The first-order valence-electron chi connectivity index (χ1n) is 6.30. The Morgan fingerprint density at radius 2 is 1.91 bits per heavy atom. The van der Waals surface area contributed by atoms with Gasteiger partial charge in [0.2, 0.25) is 0 Å². The van der Waals surface area contributed by atoms with Crippen LogP contribution in [0.3, 0.4) is 0 Å². The zero-order chi connectivity index (χ0) is 15.9. The number of hydrogen-bond donors (Lipinski definition) is 3. The van der Waals surface area contributed by atoms with Gasteiger partial charge in [0.1, 0.15) is 5.75 Å². The molecule has 3 N–H and O–H groups in total. The van der Waals surface area contributed by atoms with Crippen molar-refractivity contribution in [2.24, 2.45) is 0 Å². The maximum atomic E-state index is 10.7. The van der Waals surface area contributed by atoms with Crippen molar-refractivity contribution in [3.05, 3.63) is 58.6 Å². The van der Waals surface area contributed by atoms with Gasteiger partial charge in [-0.3, -0.25) is 21.0 Å². The molecule has 2 rings (SSSR count). The Balaban J connectivity index is 1.92. The van der Waals surface area contributed by atoms with Crippen LogP contribution in [0.2, 0.25) is 0 Å². The molecule has 0 spiro atoms. The van der Waals surface area contributed by atoms with Crippen LogP contribution in [0.5, 0.6) is 5.75 Å². The first kappa shape index (κ1) is 15.5. The van der Waals surface area contributed by atoms with Crippen LogP contribution in [-0.2, 0) is 0 Å². The van der Waals surface area contributed by atoms with Crippen LogP contribution in [0.25, 0.3) is 0 Å². The van der Waals surface area contributed by atoms with Crippen molar-refractivity contribution in [2.75, 3.05) is 17.9 Å². The molecule has 0 atom stereocenters. The molecule has 2 aromatic rings. The number of rotatable bonds is 5. The lowest BCUT2D eigenvalue weighted by Crippen LogP contribution is -2.33. The number of hydrazine groups is 1. The van der Waals surface area contributed by atoms with Gasteiger partial charge in [-0.1, -0.05) is 12.1 Å². The van der Waals surface area contributed by atoms with E-state index in [0.717, 1.165) is 5.69 Å². The highest BCUT2D eigenvalue weighted by atomic mass is 32.1. The van der Waals surface area contributed by atoms with Crippen LogP contribution in [0, 0.1) is 10.1 Å². The summed E-state index contributed by atoms with van der Waals surface area (Å²) in [6, 6.07) is 13.4. The van der Waals surface area contributed by atoms with Crippen molar-refractivity contribution in [3.63, 3.8) is 0 Å². The zero-order valence-electron chi connectivity index (χ0n) is 11.7. The summed E-state index contributed by atoms with van der Waals surface area (Å²) < 4.78 is 5.12. The Morgan fingerprint density at radius 3 is 2.64 bits per heavy atom. The molecule has 0 unspecified atom stereocenters. The van der Waals surface area contributed by atoms with Crippen molar-refractivity contribution in [2.45, 2.75) is 0 Å². The van der Waals surface area contributed by atoms with Gasteiger partial charge < -0.3 is 10.1 Å². The van der Waals surface area contributed by atoms with Crippen LogP contribution >= 0.6 is 12.2 Å². The molecule has 2 aromatic carbocycles. The predicted molar refractivity (Wildman–Crippen MR) is 89.1 cm³/mol. The number of hydrogen-bond acceptors (Lipinski definition) is 5. The molecule has 0 aliphatic carbocycles. The van der Waals surface area contributed by atoms with E-state index in [1.54, 1.807) is 25.3 Å². The average molecular weight is 318 g/mol. The number of ether oxygens (including phenoxy) is 1. The molecule has 0 aliphatic rings. The van der Waals surface area contributed by atoms with Crippen LogP contribution in [0.15, 0.2) is 48.5 Å². The van der Waals surface area contributed by atoms with E-state index in [2.05, 4.69) is 16.2 Å². The molecule has 7 nitrogen and oxygen atoms in total. The van der Waals surface area contributed by atoms with Crippen molar-refractivity contribution in [1.82, 2.24) is 5.43 Å². The van der Waals surface area contributed by atoms with Crippen LogP contribution in [-0.4, -0.2) is 17.1 Å². The molecule has 0 fully saturated rings. The van der Waals surface area contributed by atoms with E-state index in [0.29, 0.717) is 16.5 Å². The number of anilines is 2. The Bertz CT molecular complexity index is 693. The van der Waals surface area contributed by atoms with Crippen LogP contribution < -0.4 is 20.9 Å². The highest BCUT2D eigenvalue weighted by Crippen LogP contribution is 2.17. The zero-order valence-corrected chi connectivity index (χ0v) is 12.5. The van der Waals surface area contributed by atoms with Crippen LogP contribution in [0.1, 0.15) is 0 Å². The summed E-state index contributed by atoms with van der Waals surface area (Å²) in [5, 5.41) is 14.0. The summed E-state index contributed by atoms with van der Waals surface area (Å²) in [5.74, 6) is 0.708. The molecular weight excluding hydrogens is 304 g/mol. The SMILES string of the molecule is COc1cccc(NC(=S)NNc2cccc([N+](=O)[O-])c2)c1. The Hall–Kier alpha value is -2.87. The van der Waals surface area contributed by atoms with E-state index in [1.165, 1.54) is 12.1 Å². The molecule has 0 aliphatic heterocycles. The quantitative estimate of drug-likeness (QED) is 0.444. The Morgan fingerprint density at radius 1 is 1.18 bits per heavy atom. The van der Waals surface area contributed by atoms with E-state index < -0.39 is 4.92 Å². The van der Waals surface area contributed by atoms with Crippen molar-refractivity contribution in [3.8, 4) is 5.75 Å². The predicted octanol–water partition coefficient (Wildman–Crippen LogP) is 2.92. The third kappa shape index (κ3) is 4.32. The maximum absolute atomic E-state index is 10.7. The van der Waals surface area contributed by atoms with Crippen LogP contribution in [0.4, 0.5) is 17.1 Å². The maximum Gasteiger partial charge on any atom is 0.271 e. The summed E-state index contributed by atoms with van der Waals surface area (Å²) in [7, 11) is 1.58. The van der Waals surface area contributed by atoms with E-state index in [9.17, 15) is 10.1 Å². The molecule has 114 valence electrons. The molecular formula is C14H14N4O3S. The first-order chi connectivity index (χ1) is 10.6. The van der Waals surface area contributed by atoms with Crippen molar-refractivity contribution >= 4 is 34.4 Å². The first-order valence-corrected chi connectivity index (χ1v) is 6.71. The molecule has 0 saturated heterocycles. The highest BCUT2D eigenvalue weighted by Gasteiger charge is 2.05. The summed E-state index contributed by atoms with van der Waals surface area (Å²) in [6.45, 7) is 0. The topological polar surface area (TPSA) is 88.5 Å². The molecule has 0 heterocycles. The minimum Gasteiger partial charge on any atom is -0.497 e. The average Bonchev–Trinajstić information content (AvgIpc) is 2.53. The third-order valence-electron chi connectivity index (χ3n) is 2.70. The third-order valence-corrected chi connectivity index (χ3v) is 2.91. The van der Waals surface area contributed by atoms with E-state index >= 15 is 0 Å². The lowest BCUT2D eigenvalue weighted by atomic mass is 10.3. The second-order valence-corrected chi connectivity index (χ2v) is 4.65. The van der Waals surface area contributed by atoms with Gasteiger partial charge >= 0.3 is 0 Å². The summed E-state index contributed by atoms with van der Waals surface area (Å²) in [4.78, 5) is 10.2. The lowest BCUT2D eigenvalue weighted by molar-refractivity contribution is -0.384. The van der Waals surface area contributed by atoms with Gasteiger partial charge in [-0.15, -0.1) is 0 Å². The molecule has 0 bridgehead atoms. The van der Waals surface area contributed by atoms with Gasteiger partial charge in [-0.05, 0) is 30.4 Å². The summed E-state index contributed by atoms with van der Waals surface area (Å²) in [6.07, 6.45) is 0. The lowest BCUT2D eigenvalue weighted by Gasteiger charge is -2.13. The van der Waals surface area contributed by atoms with Gasteiger partial charge in [0.15, 0.2) is 5.11 Å². The second-order valence-electron chi connectivity index (χ2n) is 4.24. The number of methoxy groups -OCH3 is 1. The van der Waals surface area contributed by atoms with E-state index in [-0.39, 0.29) is 5.69 Å². The number of thiocarbonyl (C=S) groups is 1. The summed E-state index contributed by atoms with van der Waals surface area (Å²) >= 11 is 5.14. The molecule has 22 heavy (non-hydrogen) atoms. The fourth-order valence-electron chi connectivity index (χ4n) is 1.69. The van der Waals surface area contributed by atoms with Gasteiger partial charge in [-0.2, -0.15) is 0 Å². The Labute approximate surface area is 132 Å². The summed E-state index contributed by atoms with van der Waals surface area (Å²) in [5.41, 5.74) is 6.85. The minimum absolute atomic E-state index is 0.00141. The number of nitrogens with zero attached hydrogens (tertiary/aromatic N) is 1. The number of non-ortho nitro benzene ring substituents is 1. The standard InChI is InChI=1S/C14H14N4O3S/c1-21-13-7-3-4-10(9-13)15-14(22)17-16-11-5-2-6-12(8-11)18(19)20/h2-9,16H,1H3,(H2,15,17,22). The fourth-order valence-corrected chi connectivity index (χ4v) is 1.86. The van der Waals surface area contributed by atoms with Crippen molar-refractivity contribution in [1.29, 1.82) is 0 Å². The largest absolute Gasteiger partial charge is 0.497 e. The smallest absolute Gasteiger partial charge is 0.271 e. The monoisotopic (exact) mass is 318 g/mol. The number of nitro benzene ring substituents is 1.